The average molecular weight is 330 g/mol. The van der Waals surface area contributed by atoms with Gasteiger partial charge in [-0.1, -0.05) is 25.0 Å². The van der Waals surface area contributed by atoms with Gasteiger partial charge in [0.05, 0.1) is 5.56 Å². The highest BCUT2D eigenvalue weighted by Gasteiger charge is 2.07. The van der Waals surface area contributed by atoms with Crippen molar-refractivity contribution >= 4 is 33.6 Å². The second kappa shape index (κ2) is 9.45. The fourth-order valence-electron chi connectivity index (χ4n) is 1.67. The van der Waals surface area contributed by atoms with Crippen LogP contribution in [0.5, 0.6) is 0 Å². The van der Waals surface area contributed by atoms with Gasteiger partial charge < -0.3 is 5.32 Å². The lowest BCUT2D eigenvalue weighted by molar-refractivity contribution is 0.0952. The standard InChI is InChI=1S/C14H20BrNOS/c1-18-11-7-3-2-6-10-16-14(17)12-8-4-5-9-13(12)15/h4-5,8-9H,2-3,6-7,10-11H2,1H3,(H,16,17). The lowest BCUT2D eigenvalue weighted by Crippen LogP contribution is -2.24. The van der Waals surface area contributed by atoms with Crippen molar-refractivity contribution in [3.8, 4) is 0 Å². The monoisotopic (exact) mass is 329 g/mol. The van der Waals surface area contributed by atoms with Gasteiger partial charge in [0, 0.05) is 11.0 Å². The molecule has 0 aliphatic heterocycles. The zero-order valence-corrected chi connectivity index (χ0v) is 13.1. The summed E-state index contributed by atoms with van der Waals surface area (Å²) in [5.41, 5.74) is 0.708. The van der Waals surface area contributed by atoms with E-state index < -0.39 is 0 Å². The molecule has 0 bridgehead atoms. The predicted molar refractivity (Wildman–Crippen MR) is 83.3 cm³/mol. The van der Waals surface area contributed by atoms with E-state index in [0.29, 0.717) is 5.56 Å². The van der Waals surface area contributed by atoms with E-state index in [4.69, 9.17) is 0 Å². The van der Waals surface area contributed by atoms with E-state index in [1.54, 1.807) is 0 Å². The Kier molecular flexibility index (Phi) is 8.18. The van der Waals surface area contributed by atoms with E-state index in [1.807, 2.05) is 36.0 Å². The molecular weight excluding hydrogens is 310 g/mol. The van der Waals surface area contributed by atoms with Gasteiger partial charge >= 0.3 is 0 Å². The van der Waals surface area contributed by atoms with Crippen molar-refractivity contribution in [2.75, 3.05) is 18.6 Å². The number of rotatable bonds is 8. The molecule has 0 aliphatic carbocycles. The van der Waals surface area contributed by atoms with Crippen molar-refractivity contribution < 1.29 is 4.79 Å². The largest absolute Gasteiger partial charge is 0.352 e. The molecule has 2 nitrogen and oxygen atoms in total. The fraction of sp³-hybridized carbons (Fsp3) is 0.500. The van der Waals surface area contributed by atoms with Crippen molar-refractivity contribution in [2.45, 2.75) is 25.7 Å². The van der Waals surface area contributed by atoms with Gasteiger partial charge in [-0.3, -0.25) is 4.79 Å². The Morgan fingerprint density at radius 3 is 2.67 bits per heavy atom. The maximum Gasteiger partial charge on any atom is 0.252 e. The Hall–Kier alpha value is -0.480. The highest BCUT2D eigenvalue weighted by Crippen LogP contribution is 2.15. The number of nitrogens with one attached hydrogen (secondary N) is 1. The Balaban J connectivity index is 2.16. The zero-order chi connectivity index (χ0) is 13.2. The van der Waals surface area contributed by atoms with E-state index in [2.05, 4.69) is 27.5 Å². The van der Waals surface area contributed by atoms with Crippen LogP contribution in [0.25, 0.3) is 0 Å². The second-order valence-corrected chi connectivity index (χ2v) is 5.98. The van der Waals surface area contributed by atoms with Crippen LogP contribution < -0.4 is 5.32 Å². The molecule has 100 valence electrons. The zero-order valence-electron chi connectivity index (χ0n) is 10.7. The Morgan fingerprint density at radius 1 is 1.22 bits per heavy atom. The minimum absolute atomic E-state index is 0.00610. The molecule has 0 aliphatic rings. The first-order valence-corrected chi connectivity index (χ1v) is 8.46. The summed E-state index contributed by atoms with van der Waals surface area (Å²) in [6.45, 7) is 0.763. The summed E-state index contributed by atoms with van der Waals surface area (Å²) < 4.78 is 0.850. The van der Waals surface area contributed by atoms with Gasteiger partial charge in [0.2, 0.25) is 0 Å². The van der Waals surface area contributed by atoms with Crippen molar-refractivity contribution in [1.29, 1.82) is 0 Å². The van der Waals surface area contributed by atoms with Crippen LogP contribution in [0, 0.1) is 0 Å². The van der Waals surface area contributed by atoms with E-state index in [0.717, 1.165) is 17.4 Å². The SMILES string of the molecule is CSCCCCCCNC(=O)c1ccccc1Br. The predicted octanol–water partition coefficient (Wildman–Crippen LogP) is 4.10. The van der Waals surface area contributed by atoms with Crippen molar-refractivity contribution in [3.05, 3.63) is 34.3 Å². The highest BCUT2D eigenvalue weighted by atomic mass is 79.9. The number of carbonyl (C=O) groups is 1. The Labute approximate surface area is 122 Å². The number of benzene rings is 1. The van der Waals surface area contributed by atoms with Crippen LogP contribution in [0.3, 0.4) is 0 Å². The summed E-state index contributed by atoms with van der Waals surface area (Å²) in [5, 5.41) is 2.96. The molecule has 1 rings (SSSR count). The van der Waals surface area contributed by atoms with Crippen molar-refractivity contribution in [3.63, 3.8) is 0 Å². The average Bonchev–Trinajstić information content (AvgIpc) is 2.38. The normalized spacial score (nSPS) is 10.3. The Bertz CT molecular complexity index is 371. The van der Waals surface area contributed by atoms with Gasteiger partial charge in [-0.2, -0.15) is 11.8 Å². The smallest absolute Gasteiger partial charge is 0.252 e. The number of halogens is 1. The molecule has 1 aromatic rings. The van der Waals surface area contributed by atoms with Gasteiger partial charge in [0.1, 0.15) is 0 Å². The third-order valence-corrected chi connectivity index (χ3v) is 4.07. The first-order chi connectivity index (χ1) is 8.75. The van der Waals surface area contributed by atoms with Crippen molar-refractivity contribution in [1.82, 2.24) is 5.32 Å². The summed E-state index contributed by atoms with van der Waals surface area (Å²) in [5.74, 6) is 1.25. The molecule has 0 saturated heterocycles. The van der Waals surface area contributed by atoms with E-state index in [1.165, 1.54) is 25.0 Å². The van der Waals surface area contributed by atoms with Crippen molar-refractivity contribution in [2.24, 2.45) is 0 Å². The number of carbonyl (C=O) groups excluding carboxylic acids is 1. The number of hydrogen-bond donors (Lipinski definition) is 1. The number of unbranched alkanes of at least 4 members (excludes halogenated alkanes) is 3. The van der Waals surface area contributed by atoms with Crippen LogP contribution in [0.4, 0.5) is 0 Å². The van der Waals surface area contributed by atoms with Crippen LogP contribution >= 0.6 is 27.7 Å². The van der Waals surface area contributed by atoms with E-state index in [-0.39, 0.29) is 5.91 Å². The molecule has 0 heterocycles. The van der Waals surface area contributed by atoms with Crippen LogP contribution in [0.2, 0.25) is 0 Å². The molecule has 0 atom stereocenters. The lowest BCUT2D eigenvalue weighted by Gasteiger charge is -2.06. The van der Waals surface area contributed by atoms with Gasteiger partial charge in [-0.05, 0) is 52.9 Å². The van der Waals surface area contributed by atoms with Crippen LogP contribution in [-0.4, -0.2) is 24.5 Å². The highest BCUT2D eigenvalue weighted by molar-refractivity contribution is 9.10. The molecule has 1 amide bonds. The maximum absolute atomic E-state index is 11.9. The number of thioether (sulfide) groups is 1. The molecule has 0 aromatic heterocycles. The molecule has 0 unspecified atom stereocenters. The van der Waals surface area contributed by atoms with Crippen LogP contribution in [-0.2, 0) is 0 Å². The van der Waals surface area contributed by atoms with Crippen LogP contribution in [0.15, 0.2) is 28.7 Å². The lowest BCUT2D eigenvalue weighted by atomic mass is 10.2. The summed E-state index contributed by atoms with van der Waals surface area (Å²) >= 11 is 5.28. The minimum atomic E-state index is 0.00610. The first kappa shape index (κ1) is 15.6. The molecule has 1 N–H and O–H groups in total. The summed E-state index contributed by atoms with van der Waals surface area (Å²) in [6, 6.07) is 7.50. The third kappa shape index (κ3) is 5.91. The van der Waals surface area contributed by atoms with E-state index in [9.17, 15) is 4.79 Å². The second-order valence-electron chi connectivity index (χ2n) is 4.14. The molecule has 0 saturated carbocycles. The minimum Gasteiger partial charge on any atom is -0.352 e. The quantitative estimate of drug-likeness (QED) is 0.727. The summed E-state index contributed by atoms with van der Waals surface area (Å²) in [6.07, 6.45) is 6.92. The topological polar surface area (TPSA) is 29.1 Å². The Morgan fingerprint density at radius 2 is 1.94 bits per heavy atom. The first-order valence-electron chi connectivity index (χ1n) is 6.27. The van der Waals surface area contributed by atoms with E-state index >= 15 is 0 Å². The molecule has 0 radical (unpaired) electrons. The fourth-order valence-corrected chi connectivity index (χ4v) is 2.63. The van der Waals surface area contributed by atoms with Gasteiger partial charge in [-0.15, -0.1) is 0 Å². The van der Waals surface area contributed by atoms with Crippen LogP contribution in [0.1, 0.15) is 36.0 Å². The molecule has 4 heteroatoms. The third-order valence-electron chi connectivity index (χ3n) is 2.68. The molecular formula is C14H20BrNOS. The number of hydrogen-bond acceptors (Lipinski definition) is 2. The number of amides is 1. The maximum atomic E-state index is 11.9. The molecule has 18 heavy (non-hydrogen) atoms. The summed E-state index contributed by atoms with van der Waals surface area (Å²) in [7, 11) is 0. The molecule has 1 aromatic carbocycles. The summed E-state index contributed by atoms with van der Waals surface area (Å²) in [4.78, 5) is 11.9. The molecule has 0 fully saturated rings. The van der Waals surface area contributed by atoms with Gasteiger partial charge in [-0.25, -0.2) is 0 Å². The van der Waals surface area contributed by atoms with Gasteiger partial charge in [0.25, 0.3) is 5.91 Å². The van der Waals surface area contributed by atoms with Gasteiger partial charge in [0.15, 0.2) is 0 Å². The molecule has 0 spiro atoms.